The number of piperidine rings is 1. The molecule has 0 spiro atoms. The molecule has 0 bridgehead atoms. The highest BCUT2D eigenvalue weighted by Crippen LogP contribution is 2.24. The van der Waals surface area contributed by atoms with Crippen molar-refractivity contribution in [2.75, 3.05) is 25.0 Å². The molecule has 0 aliphatic carbocycles. The minimum Gasteiger partial charge on any atom is -0.355 e. The van der Waals surface area contributed by atoms with E-state index in [4.69, 9.17) is 0 Å². The molecule has 7 heteroatoms. The predicted molar refractivity (Wildman–Crippen MR) is 79.5 cm³/mol. The molecule has 0 unspecified atom stereocenters. The third-order valence-corrected chi connectivity index (χ3v) is 3.74. The summed E-state index contributed by atoms with van der Waals surface area (Å²) >= 11 is 3.32. The average molecular weight is 338 g/mol. The van der Waals surface area contributed by atoms with Crippen molar-refractivity contribution in [3.05, 3.63) is 22.3 Å². The van der Waals surface area contributed by atoms with Crippen LogP contribution in [0.25, 0.3) is 0 Å². The molecule has 1 saturated heterocycles. The summed E-state index contributed by atoms with van der Waals surface area (Å²) in [7, 11) is 1.61. The summed E-state index contributed by atoms with van der Waals surface area (Å²) in [5.74, 6) is 0.717. The van der Waals surface area contributed by atoms with E-state index in [1.54, 1.807) is 19.3 Å². The molecular formula is C13H16BrN5O. The van der Waals surface area contributed by atoms with E-state index < -0.39 is 0 Å². The van der Waals surface area contributed by atoms with E-state index in [-0.39, 0.29) is 12.1 Å². The normalized spacial score (nSPS) is 15.6. The molecule has 1 aliphatic rings. The fourth-order valence-electron chi connectivity index (χ4n) is 2.26. The number of aromatic nitrogens is 1. The maximum Gasteiger partial charge on any atom is 0.314 e. The lowest BCUT2D eigenvalue weighted by molar-refractivity contribution is 0.236. The standard InChI is InChI=1S/C13H16BrN5O/c1-16-13(20)18-11-2-4-19(5-3-11)12-9(7-15)6-10(14)8-17-12/h6,8,11H,2-5H2,1H3,(H2,16,18,20). The molecule has 0 atom stereocenters. The van der Waals surface area contributed by atoms with Crippen molar-refractivity contribution in [3.8, 4) is 6.07 Å². The van der Waals surface area contributed by atoms with Crippen LogP contribution in [0.3, 0.4) is 0 Å². The lowest BCUT2D eigenvalue weighted by atomic mass is 10.0. The molecule has 0 saturated carbocycles. The second-order valence-electron chi connectivity index (χ2n) is 4.62. The maximum atomic E-state index is 11.3. The lowest BCUT2D eigenvalue weighted by Gasteiger charge is -2.33. The largest absolute Gasteiger partial charge is 0.355 e. The van der Waals surface area contributed by atoms with Gasteiger partial charge in [0.05, 0.1) is 5.56 Å². The smallest absolute Gasteiger partial charge is 0.314 e. The van der Waals surface area contributed by atoms with E-state index in [2.05, 4.69) is 42.5 Å². The first-order chi connectivity index (χ1) is 9.63. The molecule has 1 aliphatic heterocycles. The minimum absolute atomic E-state index is 0.150. The number of carbonyl (C=O) groups excluding carboxylic acids is 1. The number of nitriles is 1. The molecule has 0 aromatic carbocycles. The number of urea groups is 1. The van der Waals surface area contributed by atoms with Crippen LogP contribution >= 0.6 is 15.9 Å². The van der Waals surface area contributed by atoms with Gasteiger partial charge in [0.25, 0.3) is 0 Å². The Morgan fingerprint density at radius 3 is 2.85 bits per heavy atom. The number of halogens is 1. The monoisotopic (exact) mass is 337 g/mol. The zero-order valence-electron chi connectivity index (χ0n) is 11.2. The van der Waals surface area contributed by atoms with Crippen LogP contribution in [0.15, 0.2) is 16.7 Å². The Hall–Kier alpha value is -1.81. The third kappa shape index (κ3) is 3.39. The molecule has 2 amide bonds. The highest BCUT2D eigenvalue weighted by Gasteiger charge is 2.22. The van der Waals surface area contributed by atoms with Gasteiger partial charge in [0.2, 0.25) is 0 Å². The van der Waals surface area contributed by atoms with E-state index in [1.165, 1.54) is 0 Å². The van der Waals surface area contributed by atoms with Crippen molar-refractivity contribution in [1.29, 1.82) is 5.26 Å². The van der Waals surface area contributed by atoms with Gasteiger partial charge in [-0.15, -0.1) is 0 Å². The molecule has 106 valence electrons. The summed E-state index contributed by atoms with van der Waals surface area (Å²) < 4.78 is 0.800. The fraction of sp³-hybridized carbons (Fsp3) is 0.462. The van der Waals surface area contributed by atoms with Gasteiger partial charge in [0, 0.05) is 36.8 Å². The van der Waals surface area contributed by atoms with Crippen molar-refractivity contribution < 1.29 is 4.79 Å². The second kappa shape index (κ2) is 6.57. The molecule has 1 fully saturated rings. The Morgan fingerprint density at radius 1 is 1.55 bits per heavy atom. The van der Waals surface area contributed by atoms with Crippen LogP contribution in [0.2, 0.25) is 0 Å². The van der Waals surface area contributed by atoms with Crippen molar-refractivity contribution in [1.82, 2.24) is 15.6 Å². The fourth-order valence-corrected chi connectivity index (χ4v) is 2.59. The van der Waals surface area contributed by atoms with Crippen LogP contribution in [0.4, 0.5) is 10.6 Å². The average Bonchev–Trinajstić information content (AvgIpc) is 2.48. The quantitative estimate of drug-likeness (QED) is 0.859. The first-order valence-electron chi connectivity index (χ1n) is 6.43. The summed E-state index contributed by atoms with van der Waals surface area (Å²) in [5, 5.41) is 14.6. The number of anilines is 1. The van der Waals surface area contributed by atoms with Crippen LogP contribution in [0.1, 0.15) is 18.4 Å². The Labute approximate surface area is 126 Å². The molecule has 1 aromatic heterocycles. The van der Waals surface area contributed by atoms with E-state index >= 15 is 0 Å². The highest BCUT2D eigenvalue weighted by atomic mass is 79.9. The Bertz CT molecular complexity index is 534. The Morgan fingerprint density at radius 2 is 2.25 bits per heavy atom. The topological polar surface area (TPSA) is 81.1 Å². The van der Waals surface area contributed by atoms with E-state index in [0.717, 1.165) is 30.4 Å². The number of hydrogen-bond acceptors (Lipinski definition) is 4. The summed E-state index contributed by atoms with van der Waals surface area (Å²) in [5.41, 5.74) is 0.567. The van der Waals surface area contributed by atoms with E-state index in [0.29, 0.717) is 11.4 Å². The predicted octanol–water partition coefficient (Wildman–Crippen LogP) is 1.61. The first kappa shape index (κ1) is 14.6. The van der Waals surface area contributed by atoms with Crippen LogP contribution in [0, 0.1) is 11.3 Å². The molecule has 6 nitrogen and oxygen atoms in total. The lowest BCUT2D eigenvalue weighted by Crippen LogP contribution is -2.47. The van der Waals surface area contributed by atoms with Crippen molar-refractivity contribution in [3.63, 3.8) is 0 Å². The number of carbonyl (C=O) groups is 1. The first-order valence-corrected chi connectivity index (χ1v) is 7.22. The minimum atomic E-state index is -0.150. The summed E-state index contributed by atoms with van der Waals surface area (Å²) in [4.78, 5) is 17.7. The van der Waals surface area contributed by atoms with Gasteiger partial charge in [-0.05, 0) is 34.8 Å². The van der Waals surface area contributed by atoms with Crippen LogP contribution in [0.5, 0.6) is 0 Å². The van der Waals surface area contributed by atoms with Gasteiger partial charge in [-0.2, -0.15) is 5.26 Å². The molecule has 2 rings (SSSR count). The number of rotatable bonds is 2. The van der Waals surface area contributed by atoms with Gasteiger partial charge >= 0.3 is 6.03 Å². The van der Waals surface area contributed by atoms with Gasteiger partial charge in [0.1, 0.15) is 11.9 Å². The molecule has 2 heterocycles. The molecule has 0 radical (unpaired) electrons. The number of nitrogens with zero attached hydrogens (tertiary/aromatic N) is 3. The molecule has 20 heavy (non-hydrogen) atoms. The molecule has 2 N–H and O–H groups in total. The van der Waals surface area contributed by atoms with Gasteiger partial charge in [0.15, 0.2) is 0 Å². The number of amides is 2. The van der Waals surface area contributed by atoms with Crippen molar-refractivity contribution in [2.45, 2.75) is 18.9 Å². The van der Waals surface area contributed by atoms with Gasteiger partial charge in [-0.25, -0.2) is 9.78 Å². The highest BCUT2D eigenvalue weighted by molar-refractivity contribution is 9.10. The maximum absolute atomic E-state index is 11.3. The Kier molecular flexibility index (Phi) is 4.79. The number of pyridine rings is 1. The van der Waals surface area contributed by atoms with E-state index in [1.807, 2.05) is 0 Å². The van der Waals surface area contributed by atoms with Crippen molar-refractivity contribution in [2.24, 2.45) is 0 Å². The molecular weight excluding hydrogens is 322 g/mol. The third-order valence-electron chi connectivity index (χ3n) is 3.31. The van der Waals surface area contributed by atoms with Crippen LogP contribution in [-0.4, -0.2) is 37.2 Å². The number of nitrogens with one attached hydrogen (secondary N) is 2. The number of hydrogen-bond donors (Lipinski definition) is 2. The zero-order chi connectivity index (χ0) is 14.5. The second-order valence-corrected chi connectivity index (χ2v) is 5.54. The van der Waals surface area contributed by atoms with Gasteiger partial charge in [-0.1, -0.05) is 0 Å². The van der Waals surface area contributed by atoms with Crippen LogP contribution < -0.4 is 15.5 Å². The van der Waals surface area contributed by atoms with Gasteiger partial charge in [-0.3, -0.25) is 0 Å². The summed E-state index contributed by atoms with van der Waals surface area (Å²) in [6.07, 6.45) is 3.39. The van der Waals surface area contributed by atoms with E-state index in [9.17, 15) is 10.1 Å². The summed E-state index contributed by atoms with van der Waals surface area (Å²) in [6, 6.07) is 3.97. The summed E-state index contributed by atoms with van der Waals surface area (Å²) in [6.45, 7) is 1.55. The SMILES string of the molecule is CNC(=O)NC1CCN(c2ncc(Br)cc2C#N)CC1. The Balaban J connectivity index is 2.01. The zero-order valence-corrected chi connectivity index (χ0v) is 12.8. The van der Waals surface area contributed by atoms with Gasteiger partial charge < -0.3 is 15.5 Å². The van der Waals surface area contributed by atoms with Crippen LogP contribution in [-0.2, 0) is 0 Å². The van der Waals surface area contributed by atoms with Crippen molar-refractivity contribution >= 4 is 27.8 Å². The molecule has 1 aromatic rings.